The minimum absolute atomic E-state index is 0.00654. The summed E-state index contributed by atoms with van der Waals surface area (Å²) in [5.41, 5.74) is 1.99. The third-order valence-corrected chi connectivity index (χ3v) is 17.7. The third kappa shape index (κ3) is 23.3. The number of aliphatic hydroxyl groups excluding tert-OH is 2. The molecule has 528 valence electrons. The van der Waals surface area contributed by atoms with Crippen LogP contribution in [0.15, 0.2) is 75.5 Å². The van der Waals surface area contributed by atoms with Crippen LogP contribution in [0, 0.1) is 5.92 Å². The maximum Gasteiger partial charge on any atom is 0.483 e. The lowest BCUT2D eigenvalue weighted by atomic mass is 9.89. The number of unbranched alkanes of at least 4 members (excludes halogenated alkanes) is 1. The predicted molar refractivity (Wildman–Crippen MR) is 341 cm³/mol. The van der Waals surface area contributed by atoms with Gasteiger partial charge in [0, 0.05) is 59.8 Å². The number of amides is 6. The number of carbonyl (C=O) groups excluding carboxylic acids is 6. The van der Waals surface area contributed by atoms with Crippen LogP contribution in [0.1, 0.15) is 117 Å². The Bertz CT molecular complexity index is 3620. The predicted octanol–water partition coefficient (Wildman–Crippen LogP) is 3.36. The van der Waals surface area contributed by atoms with Gasteiger partial charge in [-0.3, -0.25) is 47.4 Å². The van der Waals surface area contributed by atoms with Gasteiger partial charge in [0.05, 0.1) is 18.8 Å². The zero-order valence-corrected chi connectivity index (χ0v) is 55.6. The number of aliphatic carboxylic acids is 2. The fourth-order valence-electron chi connectivity index (χ4n) is 9.99. The highest BCUT2D eigenvalue weighted by atomic mass is 31.3. The van der Waals surface area contributed by atoms with Crippen molar-refractivity contribution < 1.29 is 120 Å². The Balaban J connectivity index is 1.23. The van der Waals surface area contributed by atoms with Crippen molar-refractivity contribution in [3.05, 3.63) is 82.0 Å². The summed E-state index contributed by atoms with van der Waals surface area (Å²) in [6, 6.07) is 3.39. The zero-order chi connectivity index (χ0) is 71.5. The van der Waals surface area contributed by atoms with Crippen molar-refractivity contribution in [1.29, 1.82) is 0 Å². The fourth-order valence-corrected chi connectivity index (χ4v) is 12.2. The topological polar surface area (TPSA) is 510 Å². The SMILES string of the molecule is CC(=O)N[C@H]1[C@@H](OP(=O)(O)OP(=O)(O)OCCC(C)CCC=C(C)C)O[C@H](CO)[C@@H](O)[C@@H]1OC(C)C(=O)N[C@@H](C)C(=O)N[C@@H](CCC(=O)N[C@@H](CCCCNc1cccc(C(=O)O)c1-c1c2ccc(=O)cc-2oc2cc(O)ccc12)C(=O)N[C@@H](C)C(=O)N[C@@H](C)C(=O)O)C(=O)O. The van der Waals surface area contributed by atoms with Gasteiger partial charge >= 0.3 is 33.6 Å². The van der Waals surface area contributed by atoms with Crippen molar-refractivity contribution in [2.75, 3.05) is 25.1 Å². The Morgan fingerprint density at radius 1 is 0.719 bits per heavy atom. The van der Waals surface area contributed by atoms with Gasteiger partial charge in [-0.25, -0.2) is 18.7 Å². The van der Waals surface area contributed by atoms with Gasteiger partial charge in [0.2, 0.25) is 35.4 Å². The van der Waals surface area contributed by atoms with Crippen LogP contribution in [0.2, 0.25) is 0 Å². The van der Waals surface area contributed by atoms with E-state index in [4.69, 9.17) is 22.9 Å². The van der Waals surface area contributed by atoms with Gasteiger partial charge in [-0.2, -0.15) is 4.31 Å². The molecule has 0 spiro atoms. The number of allylic oxidation sites excluding steroid dienone is 2. The first kappa shape index (κ1) is 78.5. The summed E-state index contributed by atoms with van der Waals surface area (Å²) in [7, 11) is -11.0. The number of anilines is 1. The number of benzene rings is 3. The minimum atomic E-state index is -5.71. The van der Waals surface area contributed by atoms with E-state index in [1.54, 1.807) is 6.07 Å². The van der Waals surface area contributed by atoms with Crippen molar-refractivity contribution in [2.24, 2.45) is 5.92 Å². The number of ether oxygens (including phenoxy) is 2. The molecule has 35 heteroatoms. The molecule has 14 atom stereocenters. The number of carbonyl (C=O) groups is 9. The van der Waals surface area contributed by atoms with E-state index in [-0.39, 0.29) is 73.0 Å². The quantitative estimate of drug-likeness (QED) is 0.0133. The standard InChI is InChI=1S/C61H83N7O26P2/c1-30(2)13-11-14-31(3)24-26-89-95(85,86)94-96(87,88)93-61-51(66-36(8)70)53(52(74)47(29-69)92-61)90-35(7)56(77)63-33(5)55(76)68-44(60(83)84)22-23-48(73)67-43(57(78)64-32(4)54(75)65-34(6)58(79)80)16-9-10-25-62-42-17-12-15-41(59(81)82)50(42)49-39-20-18-37(71)27-45(39)91-46-28-38(72)19-21-40(46)49/h12-13,15,17-21,27-28,31-35,43-44,47,51-53,61-62,69,71,74H,9-11,14,16,22-26,29H2,1-8H3,(H,63,77)(H,64,78)(H,65,75)(H,66,70)(H,67,73)(H,68,76)(H,79,80)(H,81,82)(H,83,84)(H,85,86)(H,87,88)/t31?,32-,33-,34-,35?,43-,44-,47+,51+,52+,53+,61+/m0/s1. The summed E-state index contributed by atoms with van der Waals surface area (Å²) >= 11 is 0. The molecule has 0 radical (unpaired) electrons. The van der Waals surface area contributed by atoms with E-state index in [1.807, 2.05) is 26.8 Å². The van der Waals surface area contributed by atoms with E-state index in [9.17, 15) is 97.5 Å². The van der Waals surface area contributed by atoms with Crippen molar-refractivity contribution >= 4 is 85.7 Å². The smallest absolute Gasteiger partial charge is 0.483 e. The molecule has 2 aliphatic heterocycles. The van der Waals surface area contributed by atoms with Crippen LogP contribution in [0.5, 0.6) is 5.75 Å². The zero-order valence-electron chi connectivity index (χ0n) is 53.8. The number of aromatic carboxylic acids is 1. The summed E-state index contributed by atoms with van der Waals surface area (Å²) < 4.78 is 57.6. The van der Waals surface area contributed by atoms with Gasteiger partial charge in [-0.05, 0) is 129 Å². The highest BCUT2D eigenvalue weighted by Crippen LogP contribution is 2.61. The monoisotopic (exact) mass is 1390 g/mol. The van der Waals surface area contributed by atoms with Crippen LogP contribution in [0.25, 0.3) is 33.4 Å². The lowest BCUT2D eigenvalue weighted by Gasteiger charge is -2.44. The van der Waals surface area contributed by atoms with E-state index in [0.717, 1.165) is 32.8 Å². The van der Waals surface area contributed by atoms with E-state index in [0.29, 0.717) is 28.6 Å². The molecule has 2 aromatic rings. The maximum absolute atomic E-state index is 13.8. The summed E-state index contributed by atoms with van der Waals surface area (Å²) in [5, 5.41) is 79.0. The second-order valence-corrected chi connectivity index (χ2v) is 26.3. The Hall–Kier alpha value is -8.20. The van der Waals surface area contributed by atoms with Crippen LogP contribution in [0.4, 0.5) is 5.69 Å². The molecule has 1 saturated heterocycles. The van der Waals surface area contributed by atoms with Crippen molar-refractivity contribution in [1.82, 2.24) is 31.9 Å². The largest absolute Gasteiger partial charge is 0.508 e. The summed E-state index contributed by atoms with van der Waals surface area (Å²) in [6.07, 6.45) is -6.77. The van der Waals surface area contributed by atoms with E-state index < -0.39 is 161 Å². The second kappa shape index (κ2) is 35.7. The summed E-state index contributed by atoms with van der Waals surface area (Å²) in [4.78, 5) is 150. The highest BCUT2D eigenvalue weighted by molar-refractivity contribution is 7.61. The van der Waals surface area contributed by atoms with Crippen LogP contribution < -0.4 is 42.6 Å². The number of hydrogen-bond acceptors (Lipinski definition) is 22. The number of hydrogen-bond donors (Lipinski definition) is 15. The van der Waals surface area contributed by atoms with E-state index in [2.05, 4.69) is 41.5 Å². The second-order valence-electron chi connectivity index (χ2n) is 23.3. The molecule has 15 N–H and O–H groups in total. The average molecular weight is 1390 g/mol. The number of phosphoric acid groups is 2. The molecule has 1 fully saturated rings. The molecule has 6 amide bonds. The molecule has 1 aliphatic carbocycles. The van der Waals surface area contributed by atoms with Crippen LogP contribution in [-0.2, 0) is 70.3 Å². The first-order chi connectivity index (χ1) is 45.0. The van der Waals surface area contributed by atoms with Crippen LogP contribution >= 0.6 is 15.6 Å². The number of carboxylic acid groups (broad SMARTS) is 3. The normalized spacial score (nSPS) is 19.6. The van der Waals surface area contributed by atoms with Crippen molar-refractivity contribution in [3.63, 3.8) is 0 Å². The summed E-state index contributed by atoms with van der Waals surface area (Å²) in [6.45, 7) is 10.1. The molecule has 0 saturated carbocycles. The first-order valence-corrected chi connectivity index (χ1v) is 33.5. The average Bonchev–Trinajstić information content (AvgIpc) is 0.748. The molecule has 96 heavy (non-hydrogen) atoms. The Labute approximate surface area is 550 Å². The van der Waals surface area contributed by atoms with Gasteiger partial charge in [-0.1, -0.05) is 24.6 Å². The van der Waals surface area contributed by atoms with Gasteiger partial charge in [-0.15, -0.1) is 0 Å². The Kier molecular flexibility index (Phi) is 29.2. The minimum Gasteiger partial charge on any atom is -0.508 e. The number of carboxylic acids is 3. The lowest BCUT2D eigenvalue weighted by Crippen LogP contribution is -2.66. The van der Waals surface area contributed by atoms with E-state index >= 15 is 0 Å². The molecule has 2 aromatic carbocycles. The Morgan fingerprint density at radius 3 is 2.02 bits per heavy atom. The molecule has 2 heterocycles. The van der Waals surface area contributed by atoms with Gasteiger partial charge in [0.15, 0.2) is 11.7 Å². The molecule has 33 nitrogen and oxygen atoms in total. The van der Waals surface area contributed by atoms with Gasteiger partial charge in [0.25, 0.3) is 0 Å². The third-order valence-electron chi connectivity index (χ3n) is 15.1. The fraction of sp³-hybridized carbons (Fsp3) is 0.508. The number of fused-ring (bicyclic) bond motifs is 2. The number of nitrogens with one attached hydrogen (secondary N) is 7. The highest BCUT2D eigenvalue weighted by Gasteiger charge is 2.51. The molecule has 0 bridgehead atoms. The van der Waals surface area contributed by atoms with Crippen LogP contribution in [-0.4, -0.2) is 180 Å². The molecule has 4 unspecified atom stereocenters. The van der Waals surface area contributed by atoms with Gasteiger partial charge in [0.1, 0.15) is 77.8 Å². The molecular formula is C61H83N7O26P2. The number of aliphatic hydroxyl groups is 2. The van der Waals surface area contributed by atoms with Crippen molar-refractivity contribution in [3.8, 4) is 28.2 Å². The molecular weight excluding hydrogens is 1310 g/mol. The van der Waals surface area contributed by atoms with Gasteiger partial charge < -0.3 is 91.5 Å². The van der Waals surface area contributed by atoms with Crippen LogP contribution in [0.3, 0.4) is 0 Å². The number of aromatic hydroxyl groups is 1. The first-order valence-electron chi connectivity index (χ1n) is 30.5. The number of phenolic OH excluding ortho intramolecular Hbond substituents is 1. The maximum atomic E-state index is 13.8. The lowest BCUT2D eigenvalue weighted by molar-refractivity contribution is -0.261. The number of phenols is 1. The van der Waals surface area contributed by atoms with Crippen molar-refractivity contribution in [2.45, 2.75) is 174 Å². The summed E-state index contributed by atoms with van der Waals surface area (Å²) in [5.74, 6) is -10.2. The Morgan fingerprint density at radius 2 is 1.39 bits per heavy atom. The molecule has 0 aromatic heterocycles. The molecule has 5 rings (SSSR count). The van der Waals surface area contributed by atoms with E-state index in [1.165, 1.54) is 62.4 Å². The molecule has 3 aliphatic rings. The number of phosphoric ester groups is 2. The number of rotatable bonds is 37.